The number of nitrogens with zero attached hydrogens (tertiary/aromatic N) is 3. The van der Waals surface area contributed by atoms with Crippen LogP contribution in [-0.2, 0) is 13.0 Å². The normalized spacial score (nSPS) is 24.3. The van der Waals surface area contributed by atoms with Gasteiger partial charge >= 0.3 is 0 Å². The number of hydrogen-bond donors (Lipinski definition) is 2. The summed E-state index contributed by atoms with van der Waals surface area (Å²) in [7, 11) is 0. The number of piperidine rings is 1. The number of aliphatic imine (C=N–C) groups is 1. The maximum absolute atomic E-state index is 10.6. The van der Waals surface area contributed by atoms with E-state index in [1.54, 1.807) is 0 Å². The molecule has 1 aromatic carbocycles. The van der Waals surface area contributed by atoms with Crippen molar-refractivity contribution in [2.75, 3.05) is 39.3 Å². The molecular weight excluding hydrogens is 463 g/mol. The van der Waals surface area contributed by atoms with Gasteiger partial charge in [0.05, 0.1) is 12.6 Å². The SMILES string of the molecule is CCNC(=NCC(O)CN1CCc2ccccc2C1)N1CC(C)CC(C)C1.I. The summed E-state index contributed by atoms with van der Waals surface area (Å²) in [6.07, 6.45) is 1.93. The summed E-state index contributed by atoms with van der Waals surface area (Å²) < 4.78 is 0. The monoisotopic (exact) mass is 500 g/mol. The Morgan fingerprint density at radius 2 is 1.89 bits per heavy atom. The zero-order valence-electron chi connectivity index (χ0n) is 17.6. The summed E-state index contributed by atoms with van der Waals surface area (Å²) in [5.74, 6) is 2.34. The van der Waals surface area contributed by atoms with Crippen LogP contribution in [0.15, 0.2) is 29.3 Å². The number of fused-ring (bicyclic) bond motifs is 1. The van der Waals surface area contributed by atoms with Gasteiger partial charge in [-0.1, -0.05) is 38.1 Å². The van der Waals surface area contributed by atoms with Gasteiger partial charge in [0.15, 0.2) is 5.96 Å². The maximum atomic E-state index is 10.6. The molecule has 0 spiro atoms. The molecule has 5 nitrogen and oxygen atoms in total. The van der Waals surface area contributed by atoms with E-state index in [0.29, 0.717) is 24.9 Å². The third kappa shape index (κ3) is 6.59. The minimum absolute atomic E-state index is 0. The van der Waals surface area contributed by atoms with Crippen molar-refractivity contribution in [2.45, 2.75) is 46.3 Å². The lowest BCUT2D eigenvalue weighted by Gasteiger charge is -2.37. The van der Waals surface area contributed by atoms with Gasteiger partial charge in [-0.25, -0.2) is 0 Å². The molecule has 0 saturated carbocycles. The van der Waals surface area contributed by atoms with Crippen LogP contribution in [0, 0.1) is 11.8 Å². The second kappa shape index (κ2) is 11.4. The van der Waals surface area contributed by atoms with Crippen molar-refractivity contribution in [3.05, 3.63) is 35.4 Å². The third-order valence-electron chi connectivity index (χ3n) is 5.63. The lowest BCUT2D eigenvalue weighted by molar-refractivity contribution is 0.111. The largest absolute Gasteiger partial charge is 0.390 e. The highest BCUT2D eigenvalue weighted by Gasteiger charge is 2.24. The average Bonchev–Trinajstić information content (AvgIpc) is 2.64. The van der Waals surface area contributed by atoms with Gasteiger partial charge < -0.3 is 15.3 Å². The second-order valence-corrected chi connectivity index (χ2v) is 8.45. The molecule has 1 fully saturated rings. The van der Waals surface area contributed by atoms with E-state index in [9.17, 15) is 5.11 Å². The summed E-state index contributed by atoms with van der Waals surface area (Å²) in [6, 6.07) is 8.64. The van der Waals surface area contributed by atoms with Gasteiger partial charge in [-0.05, 0) is 42.7 Å². The predicted octanol–water partition coefficient (Wildman–Crippen LogP) is 2.97. The van der Waals surface area contributed by atoms with Gasteiger partial charge in [0.1, 0.15) is 0 Å². The molecule has 0 radical (unpaired) electrons. The zero-order chi connectivity index (χ0) is 19.2. The number of benzene rings is 1. The molecule has 0 bridgehead atoms. The Labute approximate surface area is 187 Å². The first-order valence-corrected chi connectivity index (χ1v) is 10.6. The number of aliphatic hydroxyl groups excluding tert-OH is 1. The first-order valence-electron chi connectivity index (χ1n) is 10.6. The van der Waals surface area contributed by atoms with Crippen molar-refractivity contribution in [2.24, 2.45) is 16.8 Å². The number of nitrogens with one attached hydrogen (secondary N) is 1. The number of rotatable bonds is 5. The Bertz CT molecular complexity index is 629. The summed E-state index contributed by atoms with van der Waals surface area (Å²) in [5.41, 5.74) is 2.84. The first kappa shape index (κ1) is 23.4. The Hall–Kier alpha value is -0.860. The molecule has 6 heteroatoms. The smallest absolute Gasteiger partial charge is 0.194 e. The van der Waals surface area contributed by atoms with E-state index >= 15 is 0 Å². The van der Waals surface area contributed by atoms with Crippen molar-refractivity contribution < 1.29 is 5.11 Å². The molecular formula is C22H37IN4O. The van der Waals surface area contributed by atoms with E-state index in [4.69, 9.17) is 4.99 Å². The number of halogens is 1. The number of guanidine groups is 1. The Morgan fingerprint density at radius 1 is 1.21 bits per heavy atom. The van der Waals surface area contributed by atoms with Crippen LogP contribution in [-0.4, -0.2) is 66.2 Å². The third-order valence-corrected chi connectivity index (χ3v) is 5.63. The Balaban J connectivity index is 0.00000280. The van der Waals surface area contributed by atoms with E-state index in [2.05, 4.69) is 60.2 Å². The van der Waals surface area contributed by atoms with Crippen molar-refractivity contribution in [1.29, 1.82) is 0 Å². The topological polar surface area (TPSA) is 51.1 Å². The van der Waals surface area contributed by atoms with Crippen LogP contribution in [0.2, 0.25) is 0 Å². The predicted molar refractivity (Wildman–Crippen MR) is 127 cm³/mol. The highest BCUT2D eigenvalue weighted by molar-refractivity contribution is 14.0. The highest BCUT2D eigenvalue weighted by Crippen LogP contribution is 2.21. The van der Waals surface area contributed by atoms with Crippen LogP contribution in [0.1, 0.15) is 38.3 Å². The van der Waals surface area contributed by atoms with E-state index in [1.165, 1.54) is 17.5 Å². The molecule has 3 rings (SSSR count). The lowest BCUT2D eigenvalue weighted by atomic mass is 9.92. The maximum Gasteiger partial charge on any atom is 0.194 e. The lowest BCUT2D eigenvalue weighted by Crippen LogP contribution is -2.49. The fourth-order valence-corrected chi connectivity index (χ4v) is 4.52. The Morgan fingerprint density at radius 3 is 2.57 bits per heavy atom. The van der Waals surface area contributed by atoms with Crippen LogP contribution in [0.3, 0.4) is 0 Å². The van der Waals surface area contributed by atoms with Crippen molar-refractivity contribution >= 4 is 29.9 Å². The minimum atomic E-state index is -0.427. The highest BCUT2D eigenvalue weighted by atomic mass is 127. The van der Waals surface area contributed by atoms with Gasteiger partial charge in [-0.15, -0.1) is 24.0 Å². The number of aliphatic hydroxyl groups is 1. The summed E-state index contributed by atoms with van der Waals surface area (Å²) in [5, 5.41) is 14.0. The van der Waals surface area contributed by atoms with Crippen molar-refractivity contribution in [3.8, 4) is 0 Å². The molecule has 1 saturated heterocycles. The molecule has 0 aliphatic carbocycles. The fourth-order valence-electron chi connectivity index (χ4n) is 4.52. The molecule has 0 aromatic heterocycles. The summed E-state index contributed by atoms with van der Waals surface area (Å²) in [6.45, 7) is 12.8. The van der Waals surface area contributed by atoms with Gasteiger partial charge in [-0.3, -0.25) is 9.89 Å². The quantitative estimate of drug-likeness (QED) is 0.371. The molecule has 1 aromatic rings. The molecule has 3 atom stereocenters. The van der Waals surface area contributed by atoms with Crippen LogP contribution < -0.4 is 5.32 Å². The summed E-state index contributed by atoms with van der Waals surface area (Å²) >= 11 is 0. The molecule has 2 heterocycles. The number of likely N-dealkylation sites (tertiary alicyclic amines) is 1. The van der Waals surface area contributed by atoms with Crippen LogP contribution in [0.25, 0.3) is 0 Å². The fraction of sp³-hybridized carbons (Fsp3) is 0.682. The molecule has 0 amide bonds. The molecule has 2 aliphatic heterocycles. The number of β-amino-alcohol motifs (C(OH)–C–C–N with tert-alkyl or cyclic N) is 1. The molecule has 3 unspecified atom stereocenters. The van der Waals surface area contributed by atoms with Gasteiger partial charge in [0.25, 0.3) is 0 Å². The molecule has 2 aliphatic rings. The van der Waals surface area contributed by atoms with Gasteiger partial charge in [0, 0.05) is 39.3 Å². The van der Waals surface area contributed by atoms with E-state index in [-0.39, 0.29) is 24.0 Å². The van der Waals surface area contributed by atoms with E-state index < -0.39 is 6.10 Å². The second-order valence-electron chi connectivity index (χ2n) is 8.45. The molecule has 2 N–H and O–H groups in total. The average molecular weight is 500 g/mol. The van der Waals surface area contributed by atoms with Crippen molar-refractivity contribution in [1.82, 2.24) is 15.1 Å². The molecule has 158 valence electrons. The minimum Gasteiger partial charge on any atom is -0.390 e. The Kier molecular flexibility index (Phi) is 9.50. The molecule has 28 heavy (non-hydrogen) atoms. The van der Waals surface area contributed by atoms with Gasteiger partial charge in [0.2, 0.25) is 0 Å². The van der Waals surface area contributed by atoms with Crippen LogP contribution in [0.5, 0.6) is 0 Å². The first-order chi connectivity index (χ1) is 13.0. The van der Waals surface area contributed by atoms with Gasteiger partial charge in [-0.2, -0.15) is 0 Å². The van der Waals surface area contributed by atoms with E-state index in [1.807, 2.05) is 0 Å². The number of hydrogen-bond acceptors (Lipinski definition) is 3. The van der Waals surface area contributed by atoms with Crippen LogP contribution in [0.4, 0.5) is 0 Å². The summed E-state index contributed by atoms with van der Waals surface area (Å²) in [4.78, 5) is 9.49. The zero-order valence-corrected chi connectivity index (χ0v) is 19.9. The van der Waals surface area contributed by atoms with E-state index in [0.717, 1.165) is 45.1 Å². The van der Waals surface area contributed by atoms with Crippen LogP contribution >= 0.6 is 24.0 Å². The standard InChI is InChI=1S/C22H36N4O.HI/c1-4-23-22(26-13-17(2)11-18(3)14-26)24-12-21(27)16-25-10-9-19-7-5-6-8-20(19)15-25;/h5-8,17-18,21,27H,4,9-16H2,1-3H3,(H,23,24);1H. The van der Waals surface area contributed by atoms with Crippen molar-refractivity contribution in [3.63, 3.8) is 0 Å².